The maximum atomic E-state index is 10.3. The largest absolute Gasteiger partial charge is 0.383 e. The topological polar surface area (TPSA) is 61.8 Å². The highest BCUT2D eigenvalue weighted by molar-refractivity contribution is 7.10. The molecule has 0 saturated heterocycles. The van der Waals surface area contributed by atoms with Crippen LogP contribution in [-0.4, -0.2) is 35.6 Å². The Bertz CT molecular complexity index is 396. The van der Waals surface area contributed by atoms with Crippen molar-refractivity contribution >= 4 is 17.3 Å². The Labute approximate surface area is 106 Å². The molecule has 5 heteroatoms. The number of hydrogen-bond donors (Lipinski definition) is 2. The first-order valence-corrected chi connectivity index (χ1v) is 6.68. The van der Waals surface area contributed by atoms with E-state index in [1.807, 2.05) is 29.5 Å². The van der Waals surface area contributed by atoms with E-state index < -0.39 is 5.60 Å². The molecule has 0 spiro atoms. The molecular weight excluding hydrogens is 234 g/mol. The van der Waals surface area contributed by atoms with E-state index in [2.05, 4.69) is 4.99 Å². The maximum Gasteiger partial charge on any atom is 0.191 e. The van der Waals surface area contributed by atoms with Crippen LogP contribution in [0.1, 0.15) is 24.6 Å². The maximum absolute atomic E-state index is 10.3. The molecule has 94 valence electrons. The van der Waals surface area contributed by atoms with Gasteiger partial charge in [-0.2, -0.15) is 0 Å². The van der Waals surface area contributed by atoms with Crippen LogP contribution >= 0.6 is 11.3 Å². The number of rotatable bonds is 4. The van der Waals surface area contributed by atoms with Crippen molar-refractivity contribution in [1.29, 1.82) is 0 Å². The number of nitrogens with zero attached hydrogens (tertiary/aromatic N) is 2. The molecule has 4 nitrogen and oxygen atoms in total. The molecule has 1 heterocycles. The van der Waals surface area contributed by atoms with Gasteiger partial charge in [-0.1, -0.05) is 6.07 Å². The van der Waals surface area contributed by atoms with Crippen LogP contribution in [0.3, 0.4) is 0 Å². The molecule has 1 saturated carbocycles. The lowest BCUT2D eigenvalue weighted by Crippen LogP contribution is -2.37. The highest BCUT2D eigenvalue weighted by Gasteiger charge is 2.28. The van der Waals surface area contributed by atoms with Crippen LogP contribution in [-0.2, 0) is 5.60 Å². The minimum Gasteiger partial charge on any atom is -0.383 e. The quantitative estimate of drug-likeness (QED) is 0.629. The highest BCUT2D eigenvalue weighted by Crippen LogP contribution is 2.27. The second kappa shape index (κ2) is 4.66. The molecule has 2 rings (SSSR count). The van der Waals surface area contributed by atoms with Crippen molar-refractivity contribution in [2.75, 3.05) is 13.6 Å². The van der Waals surface area contributed by atoms with Crippen molar-refractivity contribution in [2.45, 2.75) is 31.4 Å². The van der Waals surface area contributed by atoms with Gasteiger partial charge in [0.1, 0.15) is 5.60 Å². The summed E-state index contributed by atoms with van der Waals surface area (Å²) in [5.74, 6) is 0.518. The predicted octanol–water partition coefficient (Wildman–Crippen LogP) is 1.36. The minimum absolute atomic E-state index is 0.302. The normalized spacial score (nSPS) is 20.1. The summed E-state index contributed by atoms with van der Waals surface area (Å²) in [6, 6.07) is 4.39. The van der Waals surface area contributed by atoms with Crippen molar-refractivity contribution in [1.82, 2.24) is 4.90 Å². The molecule has 0 aromatic carbocycles. The molecule has 0 amide bonds. The van der Waals surface area contributed by atoms with Gasteiger partial charge in [0.15, 0.2) is 5.96 Å². The van der Waals surface area contributed by atoms with E-state index in [0.717, 1.165) is 4.88 Å². The lowest BCUT2D eigenvalue weighted by atomic mass is 10.1. The van der Waals surface area contributed by atoms with Crippen LogP contribution in [0.15, 0.2) is 22.5 Å². The molecule has 0 bridgehead atoms. The number of guanidine groups is 1. The molecule has 1 aliphatic carbocycles. The number of nitrogens with two attached hydrogens (primary N) is 1. The van der Waals surface area contributed by atoms with E-state index in [-0.39, 0.29) is 0 Å². The monoisotopic (exact) mass is 253 g/mol. The van der Waals surface area contributed by atoms with Gasteiger partial charge in [-0.05, 0) is 31.2 Å². The van der Waals surface area contributed by atoms with Gasteiger partial charge in [0.05, 0.1) is 6.54 Å². The first kappa shape index (κ1) is 12.4. The Kier molecular flexibility index (Phi) is 3.40. The average Bonchev–Trinajstić information content (AvgIpc) is 2.99. The molecule has 3 N–H and O–H groups in total. The fraction of sp³-hybridized carbons (Fsp3) is 0.583. The van der Waals surface area contributed by atoms with Crippen molar-refractivity contribution in [3.63, 3.8) is 0 Å². The summed E-state index contributed by atoms with van der Waals surface area (Å²) < 4.78 is 0. The first-order valence-electron chi connectivity index (χ1n) is 5.80. The summed E-state index contributed by atoms with van der Waals surface area (Å²) in [6.45, 7) is 2.07. The second-order valence-electron chi connectivity index (χ2n) is 4.77. The first-order chi connectivity index (χ1) is 8.00. The van der Waals surface area contributed by atoms with E-state index >= 15 is 0 Å². The summed E-state index contributed by atoms with van der Waals surface area (Å²) in [4.78, 5) is 7.20. The SMILES string of the molecule is CN(C(N)=NCC(C)(O)c1cccs1)C1CC1. The van der Waals surface area contributed by atoms with E-state index in [9.17, 15) is 5.11 Å². The van der Waals surface area contributed by atoms with Gasteiger partial charge in [0, 0.05) is 18.0 Å². The van der Waals surface area contributed by atoms with Gasteiger partial charge in [0.25, 0.3) is 0 Å². The third-order valence-corrected chi connectivity index (χ3v) is 4.18. The summed E-state index contributed by atoms with van der Waals surface area (Å²) in [7, 11) is 1.95. The molecule has 1 aromatic heterocycles. The number of thiophene rings is 1. The van der Waals surface area contributed by atoms with Crippen LogP contribution < -0.4 is 5.73 Å². The highest BCUT2D eigenvalue weighted by atomic mass is 32.1. The van der Waals surface area contributed by atoms with Crippen molar-refractivity contribution in [3.8, 4) is 0 Å². The molecule has 1 aliphatic rings. The Hall–Kier alpha value is -1.07. The molecule has 1 atom stereocenters. The Morgan fingerprint density at radius 3 is 2.94 bits per heavy atom. The number of aliphatic hydroxyl groups is 1. The van der Waals surface area contributed by atoms with E-state index in [4.69, 9.17) is 5.73 Å². The van der Waals surface area contributed by atoms with Crippen molar-refractivity contribution in [3.05, 3.63) is 22.4 Å². The van der Waals surface area contributed by atoms with Gasteiger partial charge in [-0.25, -0.2) is 4.99 Å². The van der Waals surface area contributed by atoms with E-state index in [0.29, 0.717) is 18.5 Å². The van der Waals surface area contributed by atoms with Gasteiger partial charge in [-0.15, -0.1) is 11.3 Å². The molecule has 0 aliphatic heterocycles. The lowest BCUT2D eigenvalue weighted by Gasteiger charge is -2.22. The Morgan fingerprint density at radius 1 is 1.71 bits per heavy atom. The summed E-state index contributed by atoms with van der Waals surface area (Å²) in [5, 5.41) is 12.2. The smallest absolute Gasteiger partial charge is 0.191 e. The van der Waals surface area contributed by atoms with Crippen LogP contribution in [0.2, 0.25) is 0 Å². The second-order valence-corrected chi connectivity index (χ2v) is 5.72. The summed E-state index contributed by atoms with van der Waals surface area (Å²) in [5.41, 5.74) is 4.96. The minimum atomic E-state index is -0.927. The van der Waals surface area contributed by atoms with Crippen molar-refractivity contribution in [2.24, 2.45) is 10.7 Å². The van der Waals surface area contributed by atoms with Crippen LogP contribution in [0.5, 0.6) is 0 Å². The summed E-state index contributed by atoms with van der Waals surface area (Å²) in [6.07, 6.45) is 2.38. The van der Waals surface area contributed by atoms with Crippen molar-refractivity contribution < 1.29 is 5.11 Å². The molecule has 17 heavy (non-hydrogen) atoms. The van der Waals surface area contributed by atoms with Gasteiger partial charge in [-0.3, -0.25) is 0 Å². The molecular formula is C12H19N3OS. The number of aliphatic imine (C=N–C) groups is 1. The fourth-order valence-corrected chi connectivity index (χ4v) is 2.44. The molecule has 1 fully saturated rings. The third kappa shape index (κ3) is 2.98. The summed E-state index contributed by atoms with van der Waals surface area (Å²) >= 11 is 1.53. The van der Waals surface area contributed by atoms with Gasteiger partial charge >= 0.3 is 0 Å². The van der Waals surface area contributed by atoms with E-state index in [1.54, 1.807) is 6.92 Å². The van der Waals surface area contributed by atoms with Gasteiger partial charge < -0.3 is 15.7 Å². The number of hydrogen-bond acceptors (Lipinski definition) is 3. The van der Waals surface area contributed by atoms with Crippen LogP contribution in [0, 0.1) is 0 Å². The van der Waals surface area contributed by atoms with E-state index in [1.165, 1.54) is 24.2 Å². The fourth-order valence-electron chi connectivity index (χ4n) is 1.66. The standard InChI is InChI=1S/C12H19N3OS/c1-12(16,10-4-3-7-17-10)8-14-11(13)15(2)9-5-6-9/h3-4,7,9,16H,5-6,8H2,1-2H3,(H2,13,14). The molecule has 0 radical (unpaired) electrons. The third-order valence-electron chi connectivity index (χ3n) is 3.06. The molecule has 1 aromatic rings. The van der Waals surface area contributed by atoms with Crippen LogP contribution in [0.4, 0.5) is 0 Å². The molecule has 1 unspecified atom stereocenters. The van der Waals surface area contributed by atoms with Crippen LogP contribution in [0.25, 0.3) is 0 Å². The Balaban J connectivity index is 1.98. The average molecular weight is 253 g/mol. The lowest BCUT2D eigenvalue weighted by molar-refractivity contribution is 0.0709. The zero-order valence-corrected chi connectivity index (χ0v) is 11.1. The zero-order valence-electron chi connectivity index (χ0n) is 10.3. The zero-order chi connectivity index (χ0) is 12.5. The Morgan fingerprint density at radius 2 is 2.41 bits per heavy atom. The van der Waals surface area contributed by atoms with Gasteiger partial charge in [0.2, 0.25) is 0 Å². The predicted molar refractivity (Wildman–Crippen MR) is 71.2 cm³/mol.